The molecule has 0 fully saturated rings. The van der Waals surface area contributed by atoms with Crippen LogP contribution in [0.5, 0.6) is 0 Å². The molecule has 3 N–H and O–H groups in total. The Hall–Kier alpha value is -2.52. The molecular formula is C22H42N4O6. The minimum absolute atomic E-state index is 0.181. The van der Waals surface area contributed by atoms with Crippen molar-refractivity contribution in [3.8, 4) is 0 Å². The van der Waals surface area contributed by atoms with Crippen molar-refractivity contribution in [1.82, 2.24) is 20.9 Å². The van der Waals surface area contributed by atoms with Crippen LogP contribution in [0, 0.1) is 0 Å². The molecule has 0 heterocycles. The van der Waals surface area contributed by atoms with Gasteiger partial charge in [0.15, 0.2) is 0 Å². The normalized spacial score (nSPS) is 12.4. The Morgan fingerprint density at radius 2 is 1.50 bits per heavy atom. The molecule has 186 valence electrons. The van der Waals surface area contributed by atoms with E-state index in [4.69, 9.17) is 9.47 Å². The van der Waals surface area contributed by atoms with Crippen LogP contribution in [0.2, 0.25) is 0 Å². The summed E-state index contributed by atoms with van der Waals surface area (Å²) in [7, 11) is 3.13. The van der Waals surface area contributed by atoms with Gasteiger partial charge in [0.25, 0.3) is 0 Å². The van der Waals surface area contributed by atoms with E-state index in [2.05, 4.69) is 16.0 Å². The number of hydrogen-bond acceptors (Lipinski definition) is 6. The molecule has 0 aliphatic heterocycles. The summed E-state index contributed by atoms with van der Waals surface area (Å²) in [6.07, 6.45) is 1.42. The van der Waals surface area contributed by atoms with Gasteiger partial charge in [-0.1, -0.05) is 0 Å². The van der Waals surface area contributed by atoms with E-state index in [0.29, 0.717) is 38.8 Å². The molecule has 0 unspecified atom stereocenters. The Kier molecular flexibility index (Phi) is 12.7. The van der Waals surface area contributed by atoms with Crippen molar-refractivity contribution in [2.75, 3.05) is 27.2 Å². The highest BCUT2D eigenvalue weighted by Gasteiger charge is 2.21. The molecule has 1 atom stereocenters. The van der Waals surface area contributed by atoms with E-state index in [0.717, 1.165) is 0 Å². The molecule has 0 spiro atoms. The lowest BCUT2D eigenvalue weighted by molar-refractivity contribution is -0.129. The second-order valence-corrected chi connectivity index (χ2v) is 9.66. The molecule has 0 saturated heterocycles. The van der Waals surface area contributed by atoms with Gasteiger partial charge in [-0.25, -0.2) is 9.59 Å². The zero-order valence-corrected chi connectivity index (χ0v) is 20.9. The summed E-state index contributed by atoms with van der Waals surface area (Å²) in [5.41, 5.74) is -1.13. The Morgan fingerprint density at radius 3 is 2.03 bits per heavy atom. The maximum atomic E-state index is 12.3. The number of nitrogens with zero attached hydrogens (tertiary/aromatic N) is 1. The van der Waals surface area contributed by atoms with Gasteiger partial charge in [0, 0.05) is 33.6 Å². The molecule has 0 saturated carbocycles. The van der Waals surface area contributed by atoms with Crippen LogP contribution >= 0.6 is 0 Å². The monoisotopic (exact) mass is 458 g/mol. The van der Waals surface area contributed by atoms with E-state index >= 15 is 0 Å². The Morgan fingerprint density at radius 1 is 0.906 bits per heavy atom. The van der Waals surface area contributed by atoms with Crippen LogP contribution in [-0.2, 0) is 19.1 Å². The lowest BCUT2D eigenvalue weighted by Crippen LogP contribution is -2.45. The Labute approximate surface area is 192 Å². The standard InChI is InChI=1S/C22H42N4O6/c1-21(2,3)31-19(29)24-14-10-9-12-16(18(28)23-7)25-17(27)13-11-15-26(8)20(30)32-22(4,5)6/h16H,9-15H2,1-8H3,(H,23,28)(H,24,29)(H,25,27)/t16-/m0/s1. The first-order chi connectivity index (χ1) is 14.6. The zero-order chi connectivity index (χ0) is 24.9. The summed E-state index contributed by atoms with van der Waals surface area (Å²) in [4.78, 5) is 49.3. The van der Waals surface area contributed by atoms with Gasteiger partial charge in [0.1, 0.15) is 17.2 Å². The fourth-order valence-electron chi connectivity index (χ4n) is 2.60. The van der Waals surface area contributed by atoms with Gasteiger partial charge < -0.3 is 30.3 Å². The number of hydrogen-bond donors (Lipinski definition) is 3. The minimum atomic E-state index is -0.655. The highest BCUT2D eigenvalue weighted by Crippen LogP contribution is 2.10. The minimum Gasteiger partial charge on any atom is -0.444 e. The lowest BCUT2D eigenvalue weighted by atomic mass is 10.1. The summed E-state index contributed by atoms with van der Waals surface area (Å²) in [6.45, 7) is 11.5. The number of amides is 4. The number of carbonyl (C=O) groups is 4. The van der Waals surface area contributed by atoms with Crippen LogP contribution in [0.4, 0.5) is 9.59 Å². The van der Waals surface area contributed by atoms with Gasteiger partial charge in [-0.05, 0) is 67.2 Å². The highest BCUT2D eigenvalue weighted by atomic mass is 16.6. The number of unbranched alkanes of at least 4 members (excludes halogenated alkanes) is 1. The van der Waals surface area contributed by atoms with Gasteiger partial charge in [0.05, 0.1) is 0 Å². The maximum absolute atomic E-state index is 12.3. The largest absolute Gasteiger partial charge is 0.444 e. The van der Waals surface area contributed by atoms with Crippen molar-refractivity contribution in [3.05, 3.63) is 0 Å². The molecular weight excluding hydrogens is 416 g/mol. The van der Waals surface area contributed by atoms with Gasteiger partial charge in [-0.2, -0.15) is 0 Å². The second-order valence-electron chi connectivity index (χ2n) is 9.66. The first kappa shape index (κ1) is 29.5. The summed E-state index contributed by atoms with van der Waals surface area (Å²) in [5, 5.41) is 7.96. The second kappa shape index (κ2) is 13.8. The Bertz CT molecular complexity index is 625. The highest BCUT2D eigenvalue weighted by molar-refractivity contribution is 5.87. The van der Waals surface area contributed by atoms with Gasteiger partial charge in [0.2, 0.25) is 11.8 Å². The molecule has 0 aliphatic rings. The number of alkyl carbamates (subject to hydrolysis) is 1. The van der Waals surface area contributed by atoms with Crippen molar-refractivity contribution >= 4 is 24.0 Å². The number of carbonyl (C=O) groups excluding carboxylic acids is 4. The lowest BCUT2D eigenvalue weighted by Gasteiger charge is -2.24. The van der Waals surface area contributed by atoms with E-state index in [-0.39, 0.29) is 18.2 Å². The molecule has 0 aromatic heterocycles. The molecule has 10 heteroatoms. The maximum Gasteiger partial charge on any atom is 0.410 e. The van der Waals surface area contributed by atoms with Crippen molar-refractivity contribution in [1.29, 1.82) is 0 Å². The molecule has 0 rings (SSSR count). The van der Waals surface area contributed by atoms with Crippen LogP contribution in [0.15, 0.2) is 0 Å². The molecule has 0 radical (unpaired) electrons. The van der Waals surface area contributed by atoms with E-state index in [1.807, 2.05) is 0 Å². The quantitative estimate of drug-likeness (QED) is 0.409. The van der Waals surface area contributed by atoms with E-state index in [1.54, 1.807) is 48.6 Å². The summed E-state index contributed by atoms with van der Waals surface area (Å²) >= 11 is 0. The van der Waals surface area contributed by atoms with Crippen molar-refractivity contribution in [2.45, 2.75) is 90.9 Å². The van der Waals surface area contributed by atoms with Gasteiger partial charge in [-0.3, -0.25) is 9.59 Å². The van der Waals surface area contributed by atoms with Crippen LogP contribution < -0.4 is 16.0 Å². The van der Waals surface area contributed by atoms with Crippen LogP contribution in [0.3, 0.4) is 0 Å². The summed E-state index contributed by atoms with van der Waals surface area (Å²) in [5.74, 6) is -0.535. The van der Waals surface area contributed by atoms with E-state index in [1.165, 1.54) is 11.9 Å². The number of ether oxygens (including phenoxy) is 2. The molecule has 0 aliphatic carbocycles. The fourth-order valence-corrected chi connectivity index (χ4v) is 2.60. The van der Waals surface area contributed by atoms with E-state index in [9.17, 15) is 19.2 Å². The molecule has 0 aromatic rings. The van der Waals surface area contributed by atoms with E-state index < -0.39 is 29.4 Å². The number of nitrogens with one attached hydrogen (secondary N) is 3. The van der Waals surface area contributed by atoms with Crippen molar-refractivity contribution in [2.24, 2.45) is 0 Å². The predicted octanol–water partition coefficient (Wildman–Crippen LogP) is 2.56. The van der Waals surface area contributed by atoms with Crippen LogP contribution in [0.25, 0.3) is 0 Å². The third-order valence-electron chi connectivity index (χ3n) is 4.09. The molecule has 0 aromatic carbocycles. The molecule has 4 amide bonds. The summed E-state index contributed by atoms with van der Waals surface area (Å²) in [6, 6.07) is -0.655. The topological polar surface area (TPSA) is 126 Å². The fraction of sp³-hybridized carbons (Fsp3) is 0.818. The predicted molar refractivity (Wildman–Crippen MR) is 122 cm³/mol. The number of rotatable bonds is 11. The third-order valence-corrected chi connectivity index (χ3v) is 4.09. The molecule has 0 bridgehead atoms. The summed E-state index contributed by atoms with van der Waals surface area (Å²) < 4.78 is 10.4. The SMILES string of the molecule is CNC(=O)[C@H](CCCCNC(=O)OC(C)(C)C)NC(=O)CCCN(C)C(=O)OC(C)(C)C. The third kappa shape index (κ3) is 15.3. The van der Waals surface area contributed by atoms with Crippen LogP contribution in [0.1, 0.15) is 73.6 Å². The molecule has 32 heavy (non-hydrogen) atoms. The van der Waals surface area contributed by atoms with Crippen molar-refractivity contribution < 1.29 is 28.7 Å². The number of likely N-dealkylation sites (N-methyl/N-ethyl adjacent to an activating group) is 1. The van der Waals surface area contributed by atoms with Gasteiger partial charge >= 0.3 is 12.2 Å². The smallest absolute Gasteiger partial charge is 0.410 e. The van der Waals surface area contributed by atoms with Crippen molar-refractivity contribution in [3.63, 3.8) is 0 Å². The average Bonchev–Trinajstić information content (AvgIpc) is 2.63. The molecule has 10 nitrogen and oxygen atoms in total. The average molecular weight is 459 g/mol. The zero-order valence-electron chi connectivity index (χ0n) is 20.9. The Balaban J connectivity index is 4.31. The van der Waals surface area contributed by atoms with Gasteiger partial charge in [-0.15, -0.1) is 0 Å². The first-order valence-electron chi connectivity index (χ1n) is 11.1. The first-order valence-corrected chi connectivity index (χ1v) is 11.1. The van der Waals surface area contributed by atoms with Crippen LogP contribution in [-0.4, -0.2) is 73.3 Å².